The van der Waals surface area contributed by atoms with Crippen molar-refractivity contribution in [2.24, 2.45) is 5.73 Å². The summed E-state index contributed by atoms with van der Waals surface area (Å²) in [6, 6.07) is 12.7. The Morgan fingerprint density at radius 3 is 2.86 bits per heavy atom. The summed E-state index contributed by atoms with van der Waals surface area (Å²) in [7, 11) is 0. The normalized spacial score (nSPS) is 20.0. The van der Waals surface area contributed by atoms with Gasteiger partial charge in [-0.25, -0.2) is 0 Å². The molecule has 112 valence electrons. The molecule has 0 amide bonds. The van der Waals surface area contributed by atoms with Crippen molar-refractivity contribution in [2.45, 2.75) is 38.3 Å². The van der Waals surface area contributed by atoms with Crippen molar-refractivity contribution in [3.05, 3.63) is 42.0 Å². The van der Waals surface area contributed by atoms with Gasteiger partial charge in [0.2, 0.25) is 0 Å². The zero-order chi connectivity index (χ0) is 14.7. The van der Waals surface area contributed by atoms with E-state index in [2.05, 4.69) is 17.0 Å². The Balaban J connectivity index is 1.91. The Morgan fingerprint density at radius 2 is 2.00 bits per heavy atom. The summed E-state index contributed by atoms with van der Waals surface area (Å²) in [5.74, 6) is 0.408. The number of benzene rings is 2. The third kappa shape index (κ3) is 3.04. The molecule has 0 aromatic heterocycles. The maximum absolute atomic E-state index is 10.3. The summed E-state index contributed by atoms with van der Waals surface area (Å²) in [5.41, 5.74) is 6.81. The molecule has 1 atom stereocenters. The smallest absolute Gasteiger partial charge is 0.120 e. The van der Waals surface area contributed by atoms with Crippen molar-refractivity contribution in [1.29, 1.82) is 0 Å². The van der Waals surface area contributed by atoms with E-state index in [1.165, 1.54) is 24.6 Å². The molecule has 3 heteroatoms. The highest BCUT2D eigenvalue weighted by molar-refractivity contribution is 5.87. The molecule has 1 aliphatic heterocycles. The monoisotopic (exact) mass is 284 g/mol. The summed E-state index contributed by atoms with van der Waals surface area (Å²) in [4.78, 5) is 2.50. The highest BCUT2D eigenvalue weighted by Crippen LogP contribution is 2.30. The van der Waals surface area contributed by atoms with Crippen LogP contribution in [0, 0.1) is 0 Å². The quantitative estimate of drug-likeness (QED) is 0.906. The van der Waals surface area contributed by atoms with Crippen LogP contribution < -0.4 is 5.73 Å². The van der Waals surface area contributed by atoms with Crippen LogP contribution in [0.1, 0.15) is 31.2 Å². The number of likely N-dealkylation sites (tertiary alicyclic amines) is 1. The molecule has 1 aliphatic rings. The fourth-order valence-corrected chi connectivity index (χ4v) is 3.48. The van der Waals surface area contributed by atoms with Crippen molar-refractivity contribution in [3.63, 3.8) is 0 Å². The molecular weight excluding hydrogens is 260 g/mol. The molecule has 3 N–H and O–H groups in total. The molecule has 1 fully saturated rings. The summed E-state index contributed by atoms with van der Waals surface area (Å²) in [5, 5.41) is 12.7. The van der Waals surface area contributed by atoms with Gasteiger partial charge in [-0.1, -0.05) is 36.8 Å². The van der Waals surface area contributed by atoms with E-state index in [1.807, 2.05) is 24.3 Å². The van der Waals surface area contributed by atoms with Crippen LogP contribution in [-0.2, 0) is 6.54 Å². The third-order valence-electron chi connectivity index (χ3n) is 4.63. The first-order valence-electron chi connectivity index (χ1n) is 7.93. The maximum Gasteiger partial charge on any atom is 0.120 e. The minimum Gasteiger partial charge on any atom is -0.508 e. The Morgan fingerprint density at radius 1 is 1.14 bits per heavy atom. The molecule has 0 aliphatic carbocycles. The van der Waals surface area contributed by atoms with Crippen LogP contribution in [-0.4, -0.2) is 29.1 Å². The number of fused-ring (bicyclic) bond motifs is 1. The molecular formula is C18H24N2O. The van der Waals surface area contributed by atoms with Crippen LogP contribution in [0.3, 0.4) is 0 Å². The minimum absolute atomic E-state index is 0.408. The van der Waals surface area contributed by atoms with Gasteiger partial charge in [0.1, 0.15) is 5.75 Å². The molecule has 2 aromatic rings. The number of nitrogens with two attached hydrogens (primary N) is 1. The molecule has 1 heterocycles. The van der Waals surface area contributed by atoms with Gasteiger partial charge in [0.15, 0.2) is 0 Å². The van der Waals surface area contributed by atoms with Crippen LogP contribution in [0.25, 0.3) is 10.8 Å². The largest absolute Gasteiger partial charge is 0.508 e. The highest BCUT2D eigenvalue weighted by Gasteiger charge is 2.23. The van der Waals surface area contributed by atoms with Crippen molar-refractivity contribution in [2.75, 3.05) is 13.1 Å². The van der Waals surface area contributed by atoms with Crippen molar-refractivity contribution < 1.29 is 5.11 Å². The van der Waals surface area contributed by atoms with Gasteiger partial charge in [-0.2, -0.15) is 0 Å². The Hall–Kier alpha value is -1.58. The van der Waals surface area contributed by atoms with Gasteiger partial charge in [-0.15, -0.1) is 0 Å². The average Bonchev–Trinajstić information content (AvgIpc) is 2.52. The minimum atomic E-state index is 0.408. The van der Waals surface area contributed by atoms with Crippen LogP contribution >= 0.6 is 0 Å². The van der Waals surface area contributed by atoms with E-state index in [9.17, 15) is 5.11 Å². The maximum atomic E-state index is 10.3. The fourth-order valence-electron chi connectivity index (χ4n) is 3.48. The molecule has 21 heavy (non-hydrogen) atoms. The summed E-state index contributed by atoms with van der Waals surface area (Å²) >= 11 is 0. The molecule has 3 nitrogen and oxygen atoms in total. The van der Waals surface area contributed by atoms with Crippen molar-refractivity contribution >= 4 is 10.8 Å². The van der Waals surface area contributed by atoms with E-state index in [0.717, 1.165) is 37.0 Å². The number of rotatable bonds is 4. The van der Waals surface area contributed by atoms with E-state index >= 15 is 0 Å². The Kier molecular flexibility index (Phi) is 4.42. The van der Waals surface area contributed by atoms with E-state index in [1.54, 1.807) is 0 Å². The summed E-state index contributed by atoms with van der Waals surface area (Å²) in [6.07, 6.45) is 4.81. The molecule has 1 unspecified atom stereocenters. The number of phenolic OH excluding ortho intramolecular Hbond substituents is 1. The van der Waals surface area contributed by atoms with Crippen molar-refractivity contribution in [3.8, 4) is 5.75 Å². The first kappa shape index (κ1) is 14.4. The molecule has 0 spiro atoms. The lowest BCUT2D eigenvalue weighted by Gasteiger charge is -2.36. The number of phenols is 1. The van der Waals surface area contributed by atoms with Crippen LogP contribution in [0.5, 0.6) is 5.75 Å². The molecule has 0 saturated carbocycles. The van der Waals surface area contributed by atoms with Crippen LogP contribution in [0.15, 0.2) is 36.4 Å². The predicted molar refractivity (Wildman–Crippen MR) is 87.3 cm³/mol. The van der Waals surface area contributed by atoms with Gasteiger partial charge >= 0.3 is 0 Å². The van der Waals surface area contributed by atoms with Crippen LogP contribution in [0.2, 0.25) is 0 Å². The van der Waals surface area contributed by atoms with E-state index < -0.39 is 0 Å². The number of hydrogen-bond acceptors (Lipinski definition) is 3. The van der Waals surface area contributed by atoms with E-state index in [4.69, 9.17) is 5.73 Å². The number of piperidine rings is 1. The molecule has 3 rings (SSSR count). The lowest BCUT2D eigenvalue weighted by Crippen LogP contribution is -2.40. The van der Waals surface area contributed by atoms with Crippen molar-refractivity contribution in [1.82, 2.24) is 4.90 Å². The topological polar surface area (TPSA) is 49.5 Å². The SMILES string of the molecule is NCCC1CCCCN1Cc1c(O)ccc2ccccc12. The van der Waals surface area contributed by atoms with Gasteiger partial charge in [-0.3, -0.25) is 4.90 Å². The number of nitrogens with zero attached hydrogens (tertiary/aromatic N) is 1. The third-order valence-corrected chi connectivity index (χ3v) is 4.63. The second-order valence-electron chi connectivity index (χ2n) is 5.98. The standard InChI is InChI=1S/C18H24N2O/c19-11-10-15-6-3-4-12-20(15)13-17-16-7-2-1-5-14(16)8-9-18(17)21/h1-2,5,7-9,15,21H,3-4,6,10-13,19H2. The lowest BCUT2D eigenvalue weighted by molar-refractivity contribution is 0.133. The lowest BCUT2D eigenvalue weighted by atomic mass is 9.97. The van der Waals surface area contributed by atoms with Gasteiger partial charge < -0.3 is 10.8 Å². The fraction of sp³-hybridized carbons (Fsp3) is 0.444. The molecule has 0 radical (unpaired) electrons. The summed E-state index contributed by atoms with van der Waals surface area (Å²) in [6.45, 7) is 2.66. The van der Waals surface area contributed by atoms with Gasteiger partial charge in [0.25, 0.3) is 0 Å². The highest BCUT2D eigenvalue weighted by atomic mass is 16.3. The zero-order valence-electron chi connectivity index (χ0n) is 12.5. The molecule has 1 saturated heterocycles. The second-order valence-corrected chi connectivity index (χ2v) is 5.98. The number of aromatic hydroxyl groups is 1. The Labute approximate surface area is 126 Å². The number of hydrogen-bond donors (Lipinski definition) is 2. The zero-order valence-corrected chi connectivity index (χ0v) is 12.5. The summed E-state index contributed by atoms with van der Waals surface area (Å²) < 4.78 is 0. The first-order valence-corrected chi connectivity index (χ1v) is 7.93. The van der Waals surface area contributed by atoms with E-state index in [-0.39, 0.29) is 0 Å². The Bertz CT molecular complexity index is 609. The van der Waals surface area contributed by atoms with E-state index in [0.29, 0.717) is 11.8 Å². The van der Waals surface area contributed by atoms with Gasteiger partial charge in [0.05, 0.1) is 0 Å². The molecule has 2 aromatic carbocycles. The molecule has 0 bridgehead atoms. The van der Waals surface area contributed by atoms with Crippen LogP contribution in [0.4, 0.5) is 0 Å². The van der Waals surface area contributed by atoms with Gasteiger partial charge in [0, 0.05) is 18.2 Å². The van der Waals surface area contributed by atoms with Gasteiger partial charge in [-0.05, 0) is 49.2 Å². The second kappa shape index (κ2) is 6.46. The first-order chi connectivity index (χ1) is 10.3. The predicted octanol–water partition coefficient (Wildman–Crippen LogP) is 3.25. The average molecular weight is 284 g/mol.